The molecule has 2 aromatic heterocycles. The fraction of sp³-hybridized carbons (Fsp3) is 0.571. The summed E-state index contributed by atoms with van der Waals surface area (Å²) >= 11 is 0. The van der Waals surface area contributed by atoms with E-state index in [2.05, 4.69) is 34.9 Å². The van der Waals surface area contributed by atoms with Gasteiger partial charge in [0.2, 0.25) is 5.95 Å². The van der Waals surface area contributed by atoms with Crippen LogP contribution in [0.15, 0.2) is 18.3 Å². The number of nitrogens with zero attached hydrogens (tertiary/aromatic N) is 4. The van der Waals surface area contributed by atoms with Crippen molar-refractivity contribution in [1.82, 2.24) is 14.6 Å². The lowest BCUT2D eigenvalue weighted by Crippen LogP contribution is -2.46. The van der Waals surface area contributed by atoms with Gasteiger partial charge in [-0.2, -0.15) is 4.98 Å². The number of piperidine rings is 1. The summed E-state index contributed by atoms with van der Waals surface area (Å²) in [5.41, 5.74) is 8.02. The van der Waals surface area contributed by atoms with Crippen molar-refractivity contribution in [3.05, 3.63) is 23.9 Å². The molecule has 1 aliphatic rings. The van der Waals surface area contributed by atoms with Crippen LogP contribution in [0.2, 0.25) is 0 Å². The largest absolute Gasteiger partial charge is 0.335 e. The number of hydrogen-bond donors (Lipinski definition) is 1. The zero-order chi connectivity index (χ0) is 13.4. The fourth-order valence-electron chi connectivity index (χ4n) is 2.83. The number of anilines is 1. The van der Waals surface area contributed by atoms with Crippen LogP contribution in [0.5, 0.6) is 0 Å². The van der Waals surface area contributed by atoms with Crippen molar-refractivity contribution in [2.24, 2.45) is 11.7 Å². The van der Waals surface area contributed by atoms with Crippen molar-refractivity contribution >= 4 is 11.6 Å². The Kier molecular flexibility index (Phi) is 3.14. The van der Waals surface area contributed by atoms with Crippen molar-refractivity contribution < 1.29 is 0 Å². The molecule has 5 nitrogen and oxygen atoms in total. The summed E-state index contributed by atoms with van der Waals surface area (Å²) in [5.74, 6) is 1.55. The molecule has 2 atom stereocenters. The van der Waals surface area contributed by atoms with Gasteiger partial charge in [-0.15, -0.1) is 5.10 Å². The van der Waals surface area contributed by atoms with Crippen LogP contribution in [-0.4, -0.2) is 33.7 Å². The van der Waals surface area contributed by atoms with Crippen LogP contribution < -0.4 is 10.6 Å². The highest BCUT2D eigenvalue weighted by atomic mass is 15.4. The zero-order valence-corrected chi connectivity index (χ0v) is 11.6. The van der Waals surface area contributed by atoms with Gasteiger partial charge >= 0.3 is 0 Å². The second kappa shape index (κ2) is 4.81. The summed E-state index contributed by atoms with van der Waals surface area (Å²) in [4.78, 5) is 6.91. The molecule has 0 radical (unpaired) electrons. The van der Waals surface area contributed by atoms with E-state index in [1.54, 1.807) is 0 Å². The first kappa shape index (κ1) is 12.4. The standard InChI is InChI=1S/C14H21N5/c1-10-3-5-18(12(7-10)9-15)14-16-13-8-11(2)4-6-19(13)17-14/h4,6,8,10,12H,3,5,7,9,15H2,1-2H3. The number of fused-ring (bicyclic) bond motifs is 1. The van der Waals surface area contributed by atoms with Gasteiger partial charge in [-0.3, -0.25) is 0 Å². The molecule has 1 aliphatic heterocycles. The van der Waals surface area contributed by atoms with Crippen LogP contribution >= 0.6 is 0 Å². The summed E-state index contributed by atoms with van der Waals surface area (Å²) in [7, 11) is 0. The number of aromatic nitrogens is 3. The smallest absolute Gasteiger partial charge is 0.245 e. The van der Waals surface area contributed by atoms with Gasteiger partial charge in [-0.05, 0) is 43.4 Å². The Bertz CT molecular complexity index is 576. The van der Waals surface area contributed by atoms with Crippen molar-refractivity contribution in [3.8, 4) is 0 Å². The third-order valence-electron chi connectivity index (χ3n) is 3.99. The lowest BCUT2D eigenvalue weighted by molar-refractivity contribution is 0.363. The second-order valence-electron chi connectivity index (χ2n) is 5.63. The van der Waals surface area contributed by atoms with Crippen LogP contribution in [-0.2, 0) is 0 Å². The minimum Gasteiger partial charge on any atom is -0.335 e. The van der Waals surface area contributed by atoms with Crippen molar-refractivity contribution in [1.29, 1.82) is 0 Å². The molecule has 0 aromatic carbocycles. The Balaban J connectivity index is 1.94. The molecule has 2 N–H and O–H groups in total. The average molecular weight is 259 g/mol. The third-order valence-corrected chi connectivity index (χ3v) is 3.99. The molecule has 19 heavy (non-hydrogen) atoms. The van der Waals surface area contributed by atoms with Gasteiger partial charge < -0.3 is 10.6 Å². The Morgan fingerprint density at radius 2 is 2.32 bits per heavy atom. The highest BCUT2D eigenvalue weighted by Gasteiger charge is 2.27. The van der Waals surface area contributed by atoms with Crippen LogP contribution in [0.3, 0.4) is 0 Å². The summed E-state index contributed by atoms with van der Waals surface area (Å²) in [6.45, 7) is 6.03. The highest BCUT2D eigenvalue weighted by Crippen LogP contribution is 2.25. The van der Waals surface area contributed by atoms with Gasteiger partial charge in [-0.25, -0.2) is 4.52 Å². The molecular weight excluding hydrogens is 238 g/mol. The fourth-order valence-corrected chi connectivity index (χ4v) is 2.83. The molecule has 0 aliphatic carbocycles. The predicted octanol–water partition coefficient (Wildman–Crippen LogP) is 1.60. The molecular formula is C14H21N5. The van der Waals surface area contributed by atoms with Crippen molar-refractivity contribution in [2.45, 2.75) is 32.7 Å². The first-order valence-electron chi connectivity index (χ1n) is 6.97. The van der Waals surface area contributed by atoms with Crippen LogP contribution in [0.1, 0.15) is 25.3 Å². The quantitative estimate of drug-likeness (QED) is 0.890. The summed E-state index contributed by atoms with van der Waals surface area (Å²) in [6.07, 6.45) is 4.28. The molecule has 2 aromatic rings. The molecule has 0 saturated carbocycles. The third kappa shape index (κ3) is 2.30. The second-order valence-corrected chi connectivity index (χ2v) is 5.63. The van der Waals surface area contributed by atoms with E-state index in [0.29, 0.717) is 12.6 Å². The topological polar surface area (TPSA) is 59.5 Å². The van der Waals surface area contributed by atoms with E-state index in [0.717, 1.165) is 30.5 Å². The van der Waals surface area contributed by atoms with E-state index < -0.39 is 0 Å². The lowest BCUT2D eigenvalue weighted by Gasteiger charge is -2.37. The number of aryl methyl sites for hydroxylation is 1. The summed E-state index contributed by atoms with van der Waals surface area (Å²) < 4.78 is 1.84. The SMILES string of the molecule is Cc1ccn2nc(N3CCC(C)CC3CN)nc2c1. The van der Waals surface area contributed by atoms with E-state index in [1.807, 2.05) is 16.8 Å². The molecule has 0 spiro atoms. The van der Waals surface area contributed by atoms with Gasteiger partial charge in [-0.1, -0.05) is 6.92 Å². The maximum Gasteiger partial charge on any atom is 0.245 e. The van der Waals surface area contributed by atoms with Gasteiger partial charge in [0.05, 0.1) is 0 Å². The zero-order valence-electron chi connectivity index (χ0n) is 11.6. The maximum atomic E-state index is 5.91. The molecule has 3 rings (SSSR count). The van der Waals surface area contributed by atoms with E-state index in [1.165, 1.54) is 12.0 Å². The normalized spacial score (nSPS) is 24.1. The number of nitrogens with two attached hydrogens (primary N) is 1. The first-order chi connectivity index (χ1) is 9.17. The lowest BCUT2D eigenvalue weighted by atomic mass is 9.93. The monoisotopic (exact) mass is 259 g/mol. The Labute approximate surface area is 113 Å². The molecule has 1 fully saturated rings. The first-order valence-corrected chi connectivity index (χ1v) is 6.97. The average Bonchev–Trinajstić information content (AvgIpc) is 2.81. The molecule has 0 amide bonds. The predicted molar refractivity (Wildman–Crippen MR) is 76.3 cm³/mol. The van der Waals surface area contributed by atoms with Crippen LogP contribution in [0, 0.1) is 12.8 Å². The van der Waals surface area contributed by atoms with E-state index in [4.69, 9.17) is 5.73 Å². The molecule has 2 unspecified atom stereocenters. The van der Waals surface area contributed by atoms with E-state index >= 15 is 0 Å². The van der Waals surface area contributed by atoms with Gasteiger partial charge in [0.25, 0.3) is 0 Å². The Morgan fingerprint density at radius 1 is 1.47 bits per heavy atom. The molecule has 3 heterocycles. The van der Waals surface area contributed by atoms with E-state index in [-0.39, 0.29) is 0 Å². The van der Waals surface area contributed by atoms with Crippen LogP contribution in [0.4, 0.5) is 5.95 Å². The number of rotatable bonds is 2. The molecule has 102 valence electrons. The minimum atomic E-state index is 0.363. The van der Waals surface area contributed by atoms with Crippen molar-refractivity contribution in [2.75, 3.05) is 18.0 Å². The molecule has 1 saturated heterocycles. The summed E-state index contributed by atoms with van der Waals surface area (Å²) in [6, 6.07) is 4.47. The van der Waals surface area contributed by atoms with Gasteiger partial charge in [0, 0.05) is 25.3 Å². The Morgan fingerprint density at radius 3 is 3.11 bits per heavy atom. The number of pyridine rings is 1. The highest BCUT2D eigenvalue weighted by molar-refractivity contribution is 5.47. The Hall–Kier alpha value is -1.62. The molecule has 5 heteroatoms. The maximum absolute atomic E-state index is 5.91. The van der Waals surface area contributed by atoms with Crippen LogP contribution in [0.25, 0.3) is 5.65 Å². The minimum absolute atomic E-state index is 0.363. The van der Waals surface area contributed by atoms with Gasteiger partial charge in [0.15, 0.2) is 5.65 Å². The number of hydrogen-bond acceptors (Lipinski definition) is 4. The summed E-state index contributed by atoms with van der Waals surface area (Å²) in [5, 5.41) is 4.58. The van der Waals surface area contributed by atoms with Crippen molar-refractivity contribution in [3.63, 3.8) is 0 Å². The van der Waals surface area contributed by atoms with E-state index in [9.17, 15) is 0 Å². The van der Waals surface area contributed by atoms with Gasteiger partial charge in [0.1, 0.15) is 0 Å². The molecule has 0 bridgehead atoms.